The molecule has 1 saturated heterocycles. The smallest absolute Gasteiger partial charge is 0.107 e. The Hall–Kier alpha value is -0.0500. The van der Waals surface area contributed by atoms with Crippen LogP contribution in [0.3, 0.4) is 0 Å². The van der Waals surface area contributed by atoms with E-state index in [0.717, 1.165) is 21.7 Å². The lowest BCUT2D eigenvalue weighted by Crippen LogP contribution is -1.81. The fraction of sp³-hybridized carbons (Fsp3) is 0.250. The Morgan fingerprint density at radius 1 is 1.55 bits per heavy atom. The van der Waals surface area contributed by atoms with Gasteiger partial charge in [0.05, 0.1) is 6.61 Å². The van der Waals surface area contributed by atoms with E-state index in [1.165, 1.54) is 0 Å². The number of hydrogen-bond acceptors (Lipinski definition) is 1. The molecule has 11 heavy (non-hydrogen) atoms. The first-order valence-corrected chi connectivity index (χ1v) is 4.51. The lowest BCUT2D eigenvalue weighted by Gasteiger charge is -1.99. The average molecular weight is 233 g/mol. The standard InChI is InChI=1S/C8H6BrClO/c9-5-1-2-6(7(10)3-5)8-4-11-8/h1-3,8H,4H2. The van der Waals surface area contributed by atoms with Crippen LogP contribution in [0.5, 0.6) is 0 Å². The molecule has 3 heteroatoms. The van der Waals surface area contributed by atoms with Gasteiger partial charge >= 0.3 is 0 Å². The Bertz CT molecular complexity index is 283. The van der Waals surface area contributed by atoms with E-state index < -0.39 is 0 Å². The van der Waals surface area contributed by atoms with E-state index in [2.05, 4.69) is 15.9 Å². The van der Waals surface area contributed by atoms with Gasteiger partial charge in [0.25, 0.3) is 0 Å². The predicted octanol–water partition coefficient (Wildman–Crippen LogP) is 3.17. The van der Waals surface area contributed by atoms with Gasteiger partial charge in [-0.25, -0.2) is 0 Å². The fourth-order valence-electron chi connectivity index (χ4n) is 0.990. The van der Waals surface area contributed by atoms with Crippen LogP contribution in [0.15, 0.2) is 22.7 Å². The summed E-state index contributed by atoms with van der Waals surface area (Å²) in [5.41, 5.74) is 1.09. The molecule has 0 bridgehead atoms. The molecule has 0 saturated carbocycles. The highest BCUT2D eigenvalue weighted by Gasteiger charge is 2.26. The minimum atomic E-state index is 0.246. The summed E-state index contributed by atoms with van der Waals surface area (Å²) in [5, 5.41) is 0.780. The van der Waals surface area contributed by atoms with Crippen molar-refractivity contribution in [2.75, 3.05) is 6.61 Å². The first-order valence-electron chi connectivity index (χ1n) is 3.34. The van der Waals surface area contributed by atoms with Gasteiger partial charge in [-0.2, -0.15) is 0 Å². The normalized spacial score (nSPS) is 21.8. The summed E-state index contributed by atoms with van der Waals surface area (Å²) in [6, 6.07) is 5.85. The number of halogens is 2. The molecule has 1 atom stereocenters. The molecular weight excluding hydrogens is 227 g/mol. The predicted molar refractivity (Wildman–Crippen MR) is 47.8 cm³/mol. The molecule has 0 N–H and O–H groups in total. The lowest BCUT2D eigenvalue weighted by molar-refractivity contribution is 0.415. The highest BCUT2D eigenvalue weighted by atomic mass is 79.9. The minimum Gasteiger partial charge on any atom is -0.368 e. The van der Waals surface area contributed by atoms with E-state index in [1.807, 2.05) is 18.2 Å². The number of epoxide rings is 1. The summed E-state index contributed by atoms with van der Waals surface area (Å²) in [7, 11) is 0. The van der Waals surface area contributed by atoms with E-state index in [4.69, 9.17) is 16.3 Å². The Labute approximate surface area is 78.4 Å². The van der Waals surface area contributed by atoms with Crippen LogP contribution in [-0.2, 0) is 4.74 Å². The molecule has 1 unspecified atom stereocenters. The van der Waals surface area contributed by atoms with Crippen LogP contribution in [0.1, 0.15) is 11.7 Å². The zero-order valence-corrected chi connectivity index (χ0v) is 8.02. The monoisotopic (exact) mass is 232 g/mol. The summed E-state index contributed by atoms with van der Waals surface area (Å²) < 4.78 is 6.12. The maximum Gasteiger partial charge on any atom is 0.107 e. The van der Waals surface area contributed by atoms with Gasteiger partial charge in [0.1, 0.15) is 6.10 Å². The summed E-state index contributed by atoms with van der Waals surface area (Å²) in [5.74, 6) is 0. The summed E-state index contributed by atoms with van der Waals surface area (Å²) in [6.45, 7) is 0.807. The molecule has 0 radical (unpaired) electrons. The van der Waals surface area contributed by atoms with Crippen molar-refractivity contribution >= 4 is 27.5 Å². The molecule has 1 aromatic rings. The van der Waals surface area contributed by atoms with Crippen LogP contribution in [0.2, 0.25) is 5.02 Å². The Balaban J connectivity index is 2.39. The fourth-order valence-corrected chi connectivity index (χ4v) is 1.79. The topological polar surface area (TPSA) is 12.5 Å². The zero-order valence-electron chi connectivity index (χ0n) is 5.68. The zero-order chi connectivity index (χ0) is 7.84. The van der Waals surface area contributed by atoms with Gasteiger partial charge in [0, 0.05) is 15.1 Å². The largest absolute Gasteiger partial charge is 0.368 e. The molecule has 1 fully saturated rings. The van der Waals surface area contributed by atoms with Crippen molar-refractivity contribution in [2.45, 2.75) is 6.10 Å². The van der Waals surface area contributed by atoms with Crippen molar-refractivity contribution in [3.8, 4) is 0 Å². The number of ether oxygens (including phenoxy) is 1. The number of rotatable bonds is 1. The number of benzene rings is 1. The molecule has 0 aliphatic carbocycles. The van der Waals surface area contributed by atoms with Gasteiger partial charge in [-0.15, -0.1) is 0 Å². The van der Waals surface area contributed by atoms with Crippen molar-refractivity contribution < 1.29 is 4.74 Å². The maximum absolute atomic E-state index is 5.95. The molecule has 2 rings (SSSR count). The average Bonchev–Trinajstić information content (AvgIpc) is 2.70. The number of hydrogen-bond donors (Lipinski definition) is 0. The van der Waals surface area contributed by atoms with E-state index in [-0.39, 0.29) is 6.10 Å². The Morgan fingerprint density at radius 2 is 2.27 bits per heavy atom. The van der Waals surface area contributed by atoms with Gasteiger partial charge in [0.2, 0.25) is 0 Å². The van der Waals surface area contributed by atoms with E-state index in [9.17, 15) is 0 Å². The molecule has 0 spiro atoms. The third kappa shape index (κ3) is 1.58. The third-order valence-electron chi connectivity index (χ3n) is 1.64. The van der Waals surface area contributed by atoms with Gasteiger partial charge in [-0.05, 0) is 12.1 Å². The van der Waals surface area contributed by atoms with Crippen LogP contribution in [0.4, 0.5) is 0 Å². The van der Waals surface area contributed by atoms with Gasteiger partial charge < -0.3 is 4.74 Å². The summed E-state index contributed by atoms with van der Waals surface area (Å²) in [6.07, 6.45) is 0.246. The highest BCUT2D eigenvalue weighted by Crippen LogP contribution is 2.35. The van der Waals surface area contributed by atoms with Crippen LogP contribution < -0.4 is 0 Å². The quantitative estimate of drug-likeness (QED) is 0.679. The van der Waals surface area contributed by atoms with Crippen LogP contribution >= 0.6 is 27.5 Å². The minimum absolute atomic E-state index is 0.246. The SMILES string of the molecule is Clc1cc(Br)ccc1C1CO1. The van der Waals surface area contributed by atoms with Crippen LogP contribution in [0.25, 0.3) is 0 Å². The molecule has 1 heterocycles. The molecule has 1 aliphatic rings. The van der Waals surface area contributed by atoms with Crippen molar-refractivity contribution in [1.29, 1.82) is 0 Å². The molecule has 1 aliphatic heterocycles. The molecule has 0 aromatic heterocycles. The third-order valence-corrected chi connectivity index (χ3v) is 2.46. The molecule has 58 valence electrons. The molecular formula is C8H6BrClO. The second kappa shape index (κ2) is 2.77. The summed E-state index contributed by atoms with van der Waals surface area (Å²) in [4.78, 5) is 0. The van der Waals surface area contributed by atoms with Crippen molar-refractivity contribution in [3.05, 3.63) is 33.3 Å². The van der Waals surface area contributed by atoms with Gasteiger partial charge in [-0.3, -0.25) is 0 Å². The maximum atomic E-state index is 5.95. The molecule has 1 aromatic carbocycles. The Morgan fingerprint density at radius 3 is 2.82 bits per heavy atom. The Kier molecular flexibility index (Phi) is 1.91. The van der Waals surface area contributed by atoms with E-state index in [0.29, 0.717) is 0 Å². The highest BCUT2D eigenvalue weighted by molar-refractivity contribution is 9.10. The summed E-state index contributed by atoms with van der Waals surface area (Å²) >= 11 is 9.30. The first-order chi connectivity index (χ1) is 5.27. The first kappa shape index (κ1) is 7.59. The second-order valence-electron chi connectivity index (χ2n) is 2.49. The van der Waals surface area contributed by atoms with Gasteiger partial charge in [0.15, 0.2) is 0 Å². The molecule has 0 amide bonds. The van der Waals surface area contributed by atoms with Crippen LogP contribution in [-0.4, -0.2) is 6.61 Å². The van der Waals surface area contributed by atoms with Gasteiger partial charge in [-0.1, -0.05) is 33.6 Å². The van der Waals surface area contributed by atoms with Crippen LogP contribution in [0, 0.1) is 0 Å². The van der Waals surface area contributed by atoms with Crippen molar-refractivity contribution in [1.82, 2.24) is 0 Å². The van der Waals surface area contributed by atoms with Crippen molar-refractivity contribution in [3.63, 3.8) is 0 Å². The molecule has 1 nitrogen and oxygen atoms in total. The van der Waals surface area contributed by atoms with E-state index >= 15 is 0 Å². The second-order valence-corrected chi connectivity index (χ2v) is 3.81. The van der Waals surface area contributed by atoms with E-state index in [1.54, 1.807) is 0 Å². The lowest BCUT2D eigenvalue weighted by atomic mass is 10.2. The van der Waals surface area contributed by atoms with Crippen molar-refractivity contribution in [2.24, 2.45) is 0 Å².